The van der Waals surface area contributed by atoms with Crippen molar-refractivity contribution in [1.29, 1.82) is 0 Å². The predicted molar refractivity (Wildman–Crippen MR) is 355 cm³/mol. The lowest BCUT2D eigenvalue weighted by Gasteiger charge is -2.33. The summed E-state index contributed by atoms with van der Waals surface area (Å²) in [5, 5.41) is 57.8. The molecule has 0 saturated carbocycles. The molecule has 568 valence electrons. The minimum Gasteiger partial charge on any atom is -0.480 e. The van der Waals surface area contributed by atoms with Crippen molar-refractivity contribution in [3.8, 4) is 0 Å². The molecular weight excluding hydrogens is 1330 g/mol. The van der Waals surface area contributed by atoms with Gasteiger partial charge in [0.1, 0.15) is 66.5 Å². The summed E-state index contributed by atoms with van der Waals surface area (Å²) in [5.41, 5.74) is 21.8. The molecular formula is C62H104N18O21. The summed E-state index contributed by atoms with van der Waals surface area (Å²) in [4.78, 5) is 238. The Labute approximate surface area is 584 Å². The van der Waals surface area contributed by atoms with E-state index in [2.05, 4.69) is 58.5 Å². The normalized spacial score (nSPS) is 17.5. The van der Waals surface area contributed by atoms with Crippen molar-refractivity contribution in [1.82, 2.24) is 73.6 Å². The third-order valence-corrected chi connectivity index (χ3v) is 16.4. The fourth-order valence-corrected chi connectivity index (χ4v) is 10.7. The monoisotopic (exact) mass is 1440 g/mol. The van der Waals surface area contributed by atoms with E-state index < -0.39 is 256 Å². The minimum absolute atomic E-state index is 0.00659. The quantitative estimate of drug-likeness (QED) is 0.0269. The Morgan fingerprint density at radius 3 is 1.38 bits per heavy atom. The van der Waals surface area contributed by atoms with Crippen LogP contribution in [0.3, 0.4) is 0 Å². The summed E-state index contributed by atoms with van der Waals surface area (Å²) >= 11 is 0. The summed E-state index contributed by atoms with van der Waals surface area (Å²) in [6, 6.07) is -17.3. The van der Waals surface area contributed by atoms with Crippen LogP contribution in [0.2, 0.25) is 0 Å². The summed E-state index contributed by atoms with van der Waals surface area (Å²) in [5.74, 6) is -18.4. The van der Waals surface area contributed by atoms with Crippen molar-refractivity contribution in [2.75, 3.05) is 45.9 Å². The third kappa shape index (κ3) is 30.0. The van der Waals surface area contributed by atoms with Crippen molar-refractivity contribution in [3.05, 3.63) is 0 Å². The van der Waals surface area contributed by atoms with Gasteiger partial charge in [0.25, 0.3) is 0 Å². The van der Waals surface area contributed by atoms with Gasteiger partial charge in [0.15, 0.2) is 0 Å². The highest BCUT2D eigenvalue weighted by atomic mass is 16.4. The van der Waals surface area contributed by atoms with Crippen LogP contribution < -0.4 is 86.7 Å². The van der Waals surface area contributed by atoms with Gasteiger partial charge in [-0.2, -0.15) is 0 Å². The number of rotatable bonds is 44. The molecule has 0 aromatic rings. The van der Waals surface area contributed by atoms with Crippen LogP contribution in [0.5, 0.6) is 0 Å². The van der Waals surface area contributed by atoms with Crippen LogP contribution >= 0.6 is 0 Å². The van der Waals surface area contributed by atoms with Gasteiger partial charge < -0.3 is 112 Å². The Hall–Kier alpha value is -9.66. The van der Waals surface area contributed by atoms with Gasteiger partial charge in [0.2, 0.25) is 100 Å². The number of nitrogens with one attached hydrogen (secondary N) is 12. The molecule has 0 aromatic heterocycles. The Morgan fingerprint density at radius 1 is 0.446 bits per heavy atom. The highest BCUT2D eigenvalue weighted by Gasteiger charge is 2.43. The number of primary amides is 3. The second kappa shape index (κ2) is 43.1. The lowest BCUT2D eigenvalue weighted by Crippen LogP contribution is -2.62. The van der Waals surface area contributed by atoms with Gasteiger partial charge in [-0.3, -0.25) is 81.5 Å². The fourth-order valence-electron chi connectivity index (χ4n) is 10.7. The lowest BCUT2D eigenvalue weighted by atomic mass is 9.96. The second-order valence-corrected chi connectivity index (χ2v) is 26.2. The number of hydrogen-bond acceptors (Lipinski definition) is 21. The van der Waals surface area contributed by atoms with Crippen molar-refractivity contribution in [2.24, 2.45) is 46.6 Å². The number of hydrogen-bond donors (Lipinski definition) is 19. The SMILES string of the molecule is CC[C@H](C)[C@H](NC(=O)[C@H](CO)NC(=O)[C@@H](NC(=O)[C@@H]1CCCN1C(=O)[C@H](C)NC(=O)[C@H](CC(N)=O)NC(=O)CNC(=O)CNC(=O)[C@H](CC(C)C)NC(=O)CNC(=O)[C@@H](N)CC(C)C)C(C)C)C(=O)N1CCC[C@H]1C(=O)N[C@@H](CCC(N)=O)C(=O)N[C@@H](CCC(N)=O)C(=O)N[C@@H](CO)C(=O)O. The van der Waals surface area contributed by atoms with E-state index >= 15 is 0 Å². The minimum atomic E-state index is -1.81. The molecule has 17 amide bonds. The maximum Gasteiger partial charge on any atom is 0.328 e. The molecule has 39 heteroatoms. The average molecular weight is 1440 g/mol. The zero-order valence-corrected chi connectivity index (χ0v) is 58.6. The number of aliphatic carboxylic acids is 1. The Kier molecular flexibility index (Phi) is 37.3. The second-order valence-electron chi connectivity index (χ2n) is 26.2. The van der Waals surface area contributed by atoms with E-state index in [9.17, 15) is 102 Å². The maximum atomic E-state index is 14.5. The molecule has 0 unspecified atom stereocenters. The van der Waals surface area contributed by atoms with E-state index in [4.69, 9.17) is 22.9 Å². The first-order chi connectivity index (χ1) is 47.3. The molecule has 39 nitrogen and oxygen atoms in total. The van der Waals surface area contributed by atoms with Crippen molar-refractivity contribution in [3.63, 3.8) is 0 Å². The first kappa shape index (κ1) is 87.4. The Balaban J connectivity index is 2.16. The average Bonchev–Trinajstić information content (AvgIpc) is 1.75. The van der Waals surface area contributed by atoms with E-state index in [0.29, 0.717) is 6.42 Å². The van der Waals surface area contributed by atoms with Crippen LogP contribution in [0.1, 0.15) is 139 Å². The summed E-state index contributed by atoms with van der Waals surface area (Å²) in [6.45, 7) is 10.9. The van der Waals surface area contributed by atoms with E-state index in [1.165, 1.54) is 6.92 Å². The number of nitrogens with two attached hydrogens (primary N) is 4. The standard InChI is InChI=1S/C62H104N18O21/c1-10-32(8)50(61(99)80-20-12-13-41(80)57(95)74-36(16-18-44(65)84)53(91)73-35(15-17-43(64)83)54(92)76-40(28-82)62(100)101)78-56(94)39(27-81)75-59(97)49(31(6)7)77-58(96)42-14-11-19-79(42)60(98)33(9)70-55(93)38(23-45(66)85)72-47(87)25-67-46(86)24-69-52(90)37(22-30(4)5)71-48(88)26-68-51(89)34(63)21-29(2)3/h29-42,49-50,81-82H,10-28,63H2,1-9H3,(H2,64,83)(H2,65,84)(H2,66,85)(H,67,86)(H,68,89)(H,69,90)(H,70,93)(H,71,88)(H,72,87)(H,73,91)(H,74,95)(H,75,97)(H,76,92)(H,77,96)(H,78,94)(H,100,101)/t32-,33-,34-,35-,36-,37-,38-,39-,40-,41-,42-,49-,50-/m0/s1. The molecule has 2 rings (SSSR count). The number of aliphatic hydroxyl groups is 2. The zero-order valence-electron chi connectivity index (χ0n) is 58.6. The van der Waals surface area contributed by atoms with Crippen LogP contribution in [0.4, 0.5) is 0 Å². The molecule has 0 aliphatic carbocycles. The smallest absolute Gasteiger partial charge is 0.328 e. The number of likely N-dealkylation sites (tertiary alicyclic amines) is 2. The van der Waals surface area contributed by atoms with E-state index in [-0.39, 0.29) is 63.5 Å². The molecule has 2 fully saturated rings. The van der Waals surface area contributed by atoms with Gasteiger partial charge in [-0.1, -0.05) is 61.8 Å². The van der Waals surface area contributed by atoms with Gasteiger partial charge in [-0.25, -0.2) is 4.79 Å². The highest BCUT2D eigenvalue weighted by molar-refractivity contribution is 6.01. The van der Waals surface area contributed by atoms with Gasteiger partial charge >= 0.3 is 5.97 Å². The van der Waals surface area contributed by atoms with Gasteiger partial charge in [0, 0.05) is 25.9 Å². The molecule has 0 aromatic carbocycles. The molecule has 0 bridgehead atoms. The van der Waals surface area contributed by atoms with Crippen LogP contribution in [-0.2, 0) is 86.3 Å². The van der Waals surface area contributed by atoms with Crippen molar-refractivity contribution < 1.29 is 102 Å². The van der Waals surface area contributed by atoms with Gasteiger partial charge in [-0.15, -0.1) is 0 Å². The third-order valence-electron chi connectivity index (χ3n) is 16.4. The number of amides is 17. The molecule has 2 saturated heterocycles. The zero-order chi connectivity index (χ0) is 76.7. The number of carboxylic acids is 1. The molecule has 2 aliphatic rings. The van der Waals surface area contributed by atoms with Crippen molar-refractivity contribution in [2.45, 2.75) is 212 Å². The van der Waals surface area contributed by atoms with Crippen LogP contribution in [0.15, 0.2) is 0 Å². The molecule has 2 heterocycles. The summed E-state index contributed by atoms with van der Waals surface area (Å²) in [6.07, 6.45) is -1.25. The van der Waals surface area contributed by atoms with Crippen LogP contribution in [-0.4, -0.2) is 250 Å². The van der Waals surface area contributed by atoms with E-state index in [0.717, 1.165) is 9.80 Å². The Morgan fingerprint density at radius 2 is 0.891 bits per heavy atom. The number of carbonyl (C=O) groups is 18. The highest BCUT2D eigenvalue weighted by Crippen LogP contribution is 2.23. The first-order valence-electron chi connectivity index (χ1n) is 33.5. The van der Waals surface area contributed by atoms with Crippen LogP contribution in [0.25, 0.3) is 0 Å². The predicted octanol–water partition coefficient (Wildman–Crippen LogP) is -8.70. The summed E-state index contributed by atoms with van der Waals surface area (Å²) < 4.78 is 0. The molecule has 2 aliphatic heterocycles. The largest absolute Gasteiger partial charge is 0.480 e. The number of carboxylic acid groups (broad SMARTS) is 1. The first-order valence-corrected chi connectivity index (χ1v) is 33.5. The molecule has 0 radical (unpaired) electrons. The molecule has 13 atom stereocenters. The number of nitrogens with zero attached hydrogens (tertiary/aromatic N) is 2. The van der Waals surface area contributed by atoms with Crippen LogP contribution in [0, 0.1) is 23.7 Å². The molecule has 23 N–H and O–H groups in total. The fraction of sp³-hybridized carbons (Fsp3) is 0.710. The lowest BCUT2D eigenvalue weighted by molar-refractivity contribution is -0.144. The maximum absolute atomic E-state index is 14.5. The van der Waals surface area contributed by atoms with Gasteiger partial charge in [-0.05, 0) is 82.0 Å². The number of aliphatic hydroxyl groups excluding tert-OH is 2. The van der Waals surface area contributed by atoms with E-state index in [1.54, 1.807) is 41.5 Å². The molecule has 101 heavy (non-hydrogen) atoms. The van der Waals surface area contributed by atoms with Crippen molar-refractivity contribution >= 4 is 106 Å². The molecule has 0 spiro atoms. The topological polar surface area (TPSA) is 623 Å². The van der Waals surface area contributed by atoms with Gasteiger partial charge in [0.05, 0.1) is 45.3 Å². The Bertz CT molecular complexity index is 2990. The van der Waals surface area contributed by atoms with E-state index in [1.807, 2.05) is 19.2 Å². The number of carbonyl (C=O) groups excluding carboxylic acids is 17. The summed E-state index contributed by atoms with van der Waals surface area (Å²) in [7, 11) is 0.